The average Bonchev–Trinajstić information content (AvgIpc) is 2.18. The van der Waals surface area contributed by atoms with Crippen molar-refractivity contribution in [1.82, 2.24) is 4.90 Å². The Balaban J connectivity index is 4.92. The maximum absolute atomic E-state index is 11.3. The van der Waals surface area contributed by atoms with E-state index in [1.807, 2.05) is 18.7 Å². The minimum atomic E-state index is -0.932. The van der Waals surface area contributed by atoms with Gasteiger partial charge in [-0.1, -0.05) is 13.8 Å². The average molecular weight is 217 g/mol. The van der Waals surface area contributed by atoms with Crippen LogP contribution in [-0.2, 0) is 9.53 Å². The molecule has 1 N–H and O–H groups in total. The number of rotatable bonds is 7. The molecular formula is C11H23NO3. The fourth-order valence-corrected chi connectivity index (χ4v) is 1.92. The van der Waals surface area contributed by atoms with Crippen LogP contribution in [0.4, 0.5) is 0 Å². The van der Waals surface area contributed by atoms with Crippen LogP contribution in [0, 0.1) is 0 Å². The van der Waals surface area contributed by atoms with E-state index in [1.165, 1.54) is 7.11 Å². The van der Waals surface area contributed by atoms with Crippen molar-refractivity contribution in [2.24, 2.45) is 0 Å². The van der Waals surface area contributed by atoms with Gasteiger partial charge in [0.25, 0.3) is 0 Å². The molecule has 0 heterocycles. The molecule has 90 valence electrons. The summed E-state index contributed by atoms with van der Waals surface area (Å²) in [6, 6.07) is 0.242. The molecule has 0 amide bonds. The predicted octanol–water partition coefficient (Wildman–Crippen LogP) is 1.60. The molecule has 0 fully saturated rings. The number of aliphatic carboxylic acids is 1. The van der Waals surface area contributed by atoms with E-state index in [9.17, 15) is 9.90 Å². The normalized spacial score (nSPS) is 17.5. The first-order valence-corrected chi connectivity index (χ1v) is 5.43. The highest BCUT2D eigenvalue weighted by Gasteiger charge is 2.40. The van der Waals surface area contributed by atoms with Crippen molar-refractivity contribution in [3.05, 3.63) is 0 Å². The molecule has 0 aromatic heterocycles. The molecule has 0 aromatic rings. The molecule has 2 unspecified atom stereocenters. The lowest BCUT2D eigenvalue weighted by atomic mass is 9.98. The third kappa shape index (κ3) is 3.18. The molecule has 0 saturated heterocycles. The number of nitrogens with zero attached hydrogens (tertiary/aromatic N) is 1. The van der Waals surface area contributed by atoms with E-state index >= 15 is 0 Å². The van der Waals surface area contributed by atoms with Gasteiger partial charge < -0.3 is 9.84 Å². The smallest absolute Gasteiger partial charge is 0.326 e. The fourth-order valence-electron chi connectivity index (χ4n) is 1.92. The molecule has 0 radical (unpaired) electrons. The van der Waals surface area contributed by atoms with Crippen LogP contribution < -0.4 is 0 Å². The number of ether oxygens (including phenoxy) is 1. The minimum absolute atomic E-state index is 0.209. The van der Waals surface area contributed by atoms with Crippen molar-refractivity contribution in [2.45, 2.75) is 45.7 Å². The summed E-state index contributed by atoms with van der Waals surface area (Å²) in [4.78, 5) is 13.3. The zero-order chi connectivity index (χ0) is 12.1. The van der Waals surface area contributed by atoms with Crippen LogP contribution in [0.15, 0.2) is 0 Å². The molecule has 0 saturated carbocycles. The SMILES string of the molecule is CCC(C)N(CC)C(C)(COC)C(=O)O. The summed E-state index contributed by atoms with van der Waals surface area (Å²) in [6.45, 7) is 8.71. The van der Waals surface area contributed by atoms with Crippen LogP contribution in [-0.4, -0.2) is 47.8 Å². The second-order valence-corrected chi connectivity index (χ2v) is 4.06. The number of carboxylic acid groups (broad SMARTS) is 1. The van der Waals surface area contributed by atoms with Gasteiger partial charge in [0.2, 0.25) is 0 Å². The number of methoxy groups -OCH3 is 1. The van der Waals surface area contributed by atoms with Crippen molar-refractivity contribution in [3.8, 4) is 0 Å². The van der Waals surface area contributed by atoms with Crippen LogP contribution >= 0.6 is 0 Å². The lowest BCUT2D eigenvalue weighted by Gasteiger charge is -2.40. The molecule has 2 atom stereocenters. The largest absolute Gasteiger partial charge is 0.480 e. The Bertz CT molecular complexity index is 208. The van der Waals surface area contributed by atoms with E-state index in [4.69, 9.17) is 4.74 Å². The Morgan fingerprint density at radius 1 is 1.53 bits per heavy atom. The monoisotopic (exact) mass is 217 g/mol. The Morgan fingerprint density at radius 2 is 2.07 bits per heavy atom. The molecule has 0 bridgehead atoms. The topological polar surface area (TPSA) is 49.8 Å². The van der Waals surface area contributed by atoms with Gasteiger partial charge in [0.15, 0.2) is 0 Å². The van der Waals surface area contributed by atoms with Crippen LogP contribution in [0.2, 0.25) is 0 Å². The Hall–Kier alpha value is -0.610. The first kappa shape index (κ1) is 14.4. The Kier molecular flexibility index (Phi) is 5.83. The van der Waals surface area contributed by atoms with E-state index in [1.54, 1.807) is 6.92 Å². The second kappa shape index (κ2) is 6.08. The lowest BCUT2D eigenvalue weighted by Crippen LogP contribution is -2.58. The number of carbonyl (C=O) groups is 1. The second-order valence-electron chi connectivity index (χ2n) is 4.06. The summed E-state index contributed by atoms with van der Waals surface area (Å²) in [5.74, 6) is -0.827. The fraction of sp³-hybridized carbons (Fsp3) is 0.909. The summed E-state index contributed by atoms with van der Waals surface area (Å²) in [6.07, 6.45) is 0.931. The van der Waals surface area contributed by atoms with E-state index in [2.05, 4.69) is 6.92 Å². The van der Waals surface area contributed by atoms with Gasteiger partial charge in [0.1, 0.15) is 5.54 Å². The first-order valence-electron chi connectivity index (χ1n) is 5.43. The Labute approximate surface area is 92.2 Å². The molecule has 0 aliphatic rings. The van der Waals surface area contributed by atoms with Crippen LogP contribution in [0.5, 0.6) is 0 Å². The van der Waals surface area contributed by atoms with Gasteiger partial charge in [-0.15, -0.1) is 0 Å². The molecule has 0 aliphatic heterocycles. The van der Waals surface area contributed by atoms with Crippen LogP contribution in [0.3, 0.4) is 0 Å². The highest BCUT2D eigenvalue weighted by atomic mass is 16.5. The third-order valence-corrected chi connectivity index (χ3v) is 2.98. The van der Waals surface area contributed by atoms with Gasteiger partial charge >= 0.3 is 5.97 Å². The van der Waals surface area contributed by atoms with E-state index in [0.717, 1.165) is 6.42 Å². The molecular weight excluding hydrogens is 194 g/mol. The standard InChI is InChI=1S/C11H23NO3/c1-6-9(3)12(7-2)11(4,8-15-5)10(13)14/h9H,6-8H2,1-5H3,(H,13,14). The molecule has 0 rings (SSSR count). The maximum atomic E-state index is 11.3. The number of carboxylic acids is 1. The van der Waals surface area contributed by atoms with Gasteiger partial charge in [-0.05, 0) is 26.8 Å². The number of hydrogen-bond donors (Lipinski definition) is 1. The summed E-state index contributed by atoms with van der Waals surface area (Å²) < 4.78 is 5.02. The Morgan fingerprint density at radius 3 is 2.33 bits per heavy atom. The minimum Gasteiger partial charge on any atom is -0.480 e. The van der Waals surface area contributed by atoms with Gasteiger partial charge in [0, 0.05) is 13.2 Å². The van der Waals surface area contributed by atoms with Crippen LogP contribution in [0.1, 0.15) is 34.1 Å². The lowest BCUT2D eigenvalue weighted by molar-refractivity contribution is -0.156. The van der Waals surface area contributed by atoms with E-state index < -0.39 is 11.5 Å². The van der Waals surface area contributed by atoms with Crippen molar-refractivity contribution < 1.29 is 14.6 Å². The number of likely N-dealkylation sites (N-methyl/N-ethyl adjacent to an activating group) is 1. The summed E-state index contributed by atoms with van der Waals surface area (Å²) in [7, 11) is 1.53. The summed E-state index contributed by atoms with van der Waals surface area (Å²) in [5, 5.41) is 9.29. The molecule has 0 aliphatic carbocycles. The number of hydrogen-bond acceptors (Lipinski definition) is 3. The molecule has 0 aromatic carbocycles. The predicted molar refractivity (Wildman–Crippen MR) is 60.0 cm³/mol. The van der Waals surface area contributed by atoms with Crippen molar-refractivity contribution >= 4 is 5.97 Å². The molecule has 0 spiro atoms. The van der Waals surface area contributed by atoms with Gasteiger partial charge in [-0.25, -0.2) is 0 Å². The zero-order valence-electron chi connectivity index (χ0n) is 10.4. The third-order valence-electron chi connectivity index (χ3n) is 2.98. The maximum Gasteiger partial charge on any atom is 0.326 e. The molecule has 15 heavy (non-hydrogen) atoms. The van der Waals surface area contributed by atoms with Crippen molar-refractivity contribution in [1.29, 1.82) is 0 Å². The highest BCUT2D eigenvalue weighted by Crippen LogP contribution is 2.20. The first-order chi connectivity index (χ1) is 6.93. The van der Waals surface area contributed by atoms with E-state index in [0.29, 0.717) is 6.54 Å². The zero-order valence-corrected chi connectivity index (χ0v) is 10.4. The van der Waals surface area contributed by atoms with Gasteiger partial charge in [-0.2, -0.15) is 0 Å². The van der Waals surface area contributed by atoms with Gasteiger partial charge in [0.05, 0.1) is 6.61 Å². The molecule has 4 nitrogen and oxygen atoms in total. The van der Waals surface area contributed by atoms with Crippen LogP contribution in [0.25, 0.3) is 0 Å². The van der Waals surface area contributed by atoms with Crippen molar-refractivity contribution in [2.75, 3.05) is 20.3 Å². The summed E-state index contributed by atoms with van der Waals surface area (Å²) >= 11 is 0. The quantitative estimate of drug-likeness (QED) is 0.703. The molecule has 4 heteroatoms. The van der Waals surface area contributed by atoms with Crippen molar-refractivity contribution in [3.63, 3.8) is 0 Å². The van der Waals surface area contributed by atoms with Gasteiger partial charge in [-0.3, -0.25) is 9.69 Å². The van der Waals surface area contributed by atoms with E-state index in [-0.39, 0.29) is 12.6 Å². The summed E-state index contributed by atoms with van der Waals surface area (Å²) in [5.41, 5.74) is -0.932. The highest BCUT2D eigenvalue weighted by molar-refractivity contribution is 5.78.